The average Bonchev–Trinajstić information content (AvgIpc) is 3.10. The van der Waals surface area contributed by atoms with E-state index in [1.165, 1.54) is 12.8 Å². The minimum absolute atomic E-state index is 0.00157. The fourth-order valence-corrected chi connectivity index (χ4v) is 3.15. The van der Waals surface area contributed by atoms with Crippen LogP contribution in [-0.2, 0) is 11.3 Å². The summed E-state index contributed by atoms with van der Waals surface area (Å²) in [4.78, 5) is 12.2. The number of benzene rings is 1. The lowest BCUT2D eigenvalue weighted by atomic mass is 10.1. The van der Waals surface area contributed by atoms with Crippen molar-refractivity contribution in [3.63, 3.8) is 0 Å². The summed E-state index contributed by atoms with van der Waals surface area (Å²) in [5, 5.41) is 10.2. The molecule has 2 N–H and O–H groups in total. The molecule has 6 heteroatoms. The van der Waals surface area contributed by atoms with E-state index in [1.807, 2.05) is 31.2 Å². The first-order valence-corrected chi connectivity index (χ1v) is 8.06. The van der Waals surface area contributed by atoms with Gasteiger partial charge in [-0.1, -0.05) is 36.6 Å². The van der Waals surface area contributed by atoms with E-state index < -0.39 is 0 Å². The number of nitrogens with one attached hydrogen (secondary N) is 2. The molecular formula is C16H20N4OS. The van der Waals surface area contributed by atoms with Crippen LogP contribution in [0.3, 0.4) is 0 Å². The van der Waals surface area contributed by atoms with Gasteiger partial charge in [0.05, 0.1) is 0 Å². The van der Waals surface area contributed by atoms with Crippen molar-refractivity contribution in [1.82, 2.24) is 20.1 Å². The Balaban J connectivity index is 1.80. The Hall–Kier alpha value is -1.95. The molecule has 2 aromatic rings. The van der Waals surface area contributed by atoms with E-state index in [2.05, 4.69) is 15.5 Å². The molecule has 0 atom stereocenters. The fourth-order valence-electron chi connectivity index (χ4n) is 2.96. The van der Waals surface area contributed by atoms with Gasteiger partial charge in [-0.3, -0.25) is 14.5 Å². The maximum absolute atomic E-state index is 12.2. The Bertz CT molecular complexity index is 728. The molecular weight excluding hydrogens is 296 g/mol. The zero-order valence-corrected chi connectivity index (χ0v) is 13.4. The molecule has 1 aliphatic carbocycles. The lowest BCUT2D eigenvalue weighted by Gasteiger charge is -2.13. The fraction of sp³-hybridized carbons (Fsp3) is 0.438. The largest absolute Gasteiger partial charge is 0.352 e. The van der Waals surface area contributed by atoms with Crippen molar-refractivity contribution in [2.75, 3.05) is 0 Å². The van der Waals surface area contributed by atoms with E-state index >= 15 is 0 Å². The summed E-state index contributed by atoms with van der Waals surface area (Å²) < 4.78 is 2.23. The number of aromatic nitrogens is 3. The van der Waals surface area contributed by atoms with Crippen molar-refractivity contribution in [2.45, 2.75) is 45.2 Å². The minimum Gasteiger partial charge on any atom is -0.352 e. The van der Waals surface area contributed by atoms with E-state index in [-0.39, 0.29) is 12.5 Å². The number of nitrogens with zero attached hydrogens (tertiary/aromatic N) is 2. The minimum atomic E-state index is -0.00157. The molecule has 0 radical (unpaired) electrons. The van der Waals surface area contributed by atoms with Gasteiger partial charge in [0.25, 0.3) is 0 Å². The molecule has 1 aromatic carbocycles. The number of hydrogen-bond donors (Lipinski definition) is 2. The molecule has 0 bridgehead atoms. The summed E-state index contributed by atoms with van der Waals surface area (Å²) in [5.41, 5.74) is 2.11. The first-order valence-electron chi connectivity index (χ1n) is 7.65. The second-order valence-corrected chi connectivity index (χ2v) is 6.24. The zero-order valence-electron chi connectivity index (χ0n) is 12.6. The summed E-state index contributed by atoms with van der Waals surface area (Å²) in [6.07, 6.45) is 4.55. The lowest BCUT2D eigenvalue weighted by Crippen LogP contribution is -2.35. The van der Waals surface area contributed by atoms with Gasteiger partial charge in [0, 0.05) is 11.6 Å². The molecule has 3 rings (SSSR count). The molecule has 5 nitrogen and oxygen atoms in total. The number of carbonyl (C=O) groups is 1. The maximum Gasteiger partial charge on any atom is 0.240 e. The summed E-state index contributed by atoms with van der Waals surface area (Å²) >= 11 is 5.27. The van der Waals surface area contributed by atoms with E-state index in [1.54, 1.807) is 4.57 Å². The normalized spacial score (nSPS) is 15.1. The average molecular weight is 316 g/mol. The van der Waals surface area contributed by atoms with Crippen LogP contribution in [0.2, 0.25) is 0 Å². The van der Waals surface area contributed by atoms with Crippen LogP contribution in [-0.4, -0.2) is 26.7 Å². The third kappa shape index (κ3) is 3.27. The van der Waals surface area contributed by atoms with Crippen LogP contribution in [0.25, 0.3) is 11.4 Å². The maximum atomic E-state index is 12.2. The smallest absolute Gasteiger partial charge is 0.240 e. The number of rotatable bonds is 4. The molecule has 22 heavy (non-hydrogen) atoms. The number of aromatic amines is 1. The molecule has 0 saturated heterocycles. The quantitative estimate of drug-likeness (QED) is 0.852. The lowest BCUT2D eigenvalue weighted by molar-refractivity contribution is -0.122. The second-order valence-electron chi connectivity index (χ2n) is 5.86. The molecule has 1 heterocycles. The van der Waals surface area contributed by atoms with Crippen molar-refractivity contribution in [3.05, 3.63) is 34.6 Å². The van der Waals surface area contributed by atoms with Gasteiger partial charge < -0.3 is 5.32 Å². The highest BCUT2D eigenvalue weighted by molar-refractivity contribution is 7.71. The van der Waals surface area contributed by atoms with E-state index in [0.717, 1.165) is 24.0 Å². The van der Waals surface area contributed by atoms with Crippen molar-refractivity contribution >= 4 is 18.1 Å². The molecule has 0 aliphatic heterocycles. The number of carbonyl (C=O) groups excluding carboxylic acids is 1. The number of hydrogen-bond acceptors (Lipinski definition) is 3. The van der Waals surface area contributed by atoms with Gasteiger partial charge in [-0.15, -0.1) is 0 Å². The number of amides is 1. The molecule has 0 unspecified atom stereocenters. The molecule has 1 aliphatic rings. The molecule has 116 valence electrons. The monoisotopic (exact) mass is 316 g/mol. The predicted molar refractivity (Wildman–Crippen MR) is 88.0 cm³/mol. The number of aryl methyl sites for hydroxylation is 1. The standard InChI is InChI=1S/C16H20N4OS/c1-11-5-4-6-12(9-11)15-18-19-16(22)20(15)10-14(21)17-13-7-2-3-8-13/h4-6,9,13H,2-3,7-8,10H2,1H3,(H,17,21)(H,19,22). The van der Waals surface area contributed by atoms with Gasteiger partial charge in [-0.25, -0.2) is 0 Å². The molecule has 1 saturated carbocycles. The van der Waals surface area contributed by atoms with Gasteiger partial charge in [-0.05, 0) is 38.0 Å². The number of H-pyrrole nitrogens is 1. The van der Waals surface area contributed by atoms with Gasteiger partial charge in [0.15, 0.2) is 10.6 Å². The van der Waals surface area contributed by atoms with Gasteiger partial charge in [-0.2, -0.15) is 5.10 Å². The summed E-state index contributed by atoms with van der Waals surface area (Å²) in [6.45, 7) is 2.23. The van der Waals surface area contributed by atoms with Crippen LogP contribution in [0.1, 0.15) is 31.2 Å². The van der Waals surface area contributed by atoms with Crippen LogP contribution in [0.5, 0.6) is 0 Å². The Morgan fingerprint density at radius 1 is 1.45 bits per heavy atom. The van der Waals surface area contributed by atoms with Gasteiger partial charge >= 0.3 is 0 Å². The van der Waals surface area contributed by atoms with E-state index in [0.29, 0.717) is 16.6 Å². The van der Waals surface area contributed by atoms with E-state index in [4.69, 9.17) is 12.2 Å². The van der Waals surface area contributed by atoms with Crippen molar-refractivity contribution in [3.8, 4) is 11.4 Å². The summed E-state index contributed by atoms with van der Waals surface area (Å²) in [6, 6.07) is 8.34. The Morgan fingerprint density at radius 2 is 2.23 bits per heavy atom. The SMILES string of the molecule is Cc1cccc(-c2n[nH]c(=S)n2CC(=O)NC2CCCC2)c1. The third-order valence-electron chi connectivity index (χ3n) is 4.06. The highest BCUT2D eigenvalue weighted by Crippen LogP contribution is 2.19. The highest BCUT2D eigenvalue weighted by atomic mass is 32.1. The zero-order chi connectivity index (χ0) is 15.5. The van der Waals surface area contributed by atoms with Crippen LogP contribution >= 0.6 is 12.2 Å². The van der Waals surface area contributed by atoms with Crippen LogP contribution < -0.4 is 5.32 Å². The van der Waals surface area contributed by atoms with Gasteiger partial charge in [0.1, 0.15) is 6.54 Å². The first kappa shape index (κ1) is 15.0. The van der Waals surface area contributed by atoms with Gasteiger partial charge in [0.2, 0.25) is 5.91 Å². The highest BCUT2D eigenvalue weighted by Gasteiger charge is 2.18. The first-order chi connectivity index (χ1) is 10.6. The molecule has 1 fully saturated rings. The Kier molecular flexibility index (Phi) is 4.38. The van der Waals surface area contributed by atoms with Crippen molar-refractivity contribution in [1.29, 1.82) is 0 Å². The summed E-state index contributed by atoms with van der Waals surface area (Å²) in [7, 11) is 0. The molecule has 1 aromatic heterocycles. The Labute approximate surface area is 134 Å². The topological polar surface area (TPSA) is 62.7 Å². The van der Waals surface area contributed by atoms with Crippen molar-refractivity contribution < 1.29 is 4.79 Å². The second kappa shape index (κ2) is 6.44. The molecule has 0 spiro atoms. The summed E-state index contributed by atoms with van der Waals surface area (Å²) in [5.74, 6) is 0.702. The Morgan fingerprint density at radius 3 is 2.95 bits per heavy atom. The van der Waals surface area contributed by atoms with Crippen LogP contribution in [0, 0.1) is 11.7 Å². The van der Waals surface area contributed by atoms with E-state index in [9.17, 15) is 4.79 Å². The van der Waals surface area contributed by atoms with Crippen molar-refractivity contribution in [2.24, 2.45) is 0 Å². The van der Waals surface area contributed by atoms with Crippen LogP contribution in [0.4, 0.5) is 0 Å². The van der Waals surface area contributed by atoms with Crippen LogP contribution in [0.15, 0.2) is 24.3 Å². The third-order valence-corrected chi connectivity index (χ3v) is 4.37. The molecule has 1 amide bonds. The predicted octanol–water partition coefficient (Wildman–Crippen LogP) is 2.97.